The van der Waals surface area contributed by atoms with Crippen LogP contribution in [0.5, 0.6) is 17.2 Å². The van der Waals surface area contributed by atoms with Crippen molar-refractivity contribution in [1.82, 2.24) is 0 Å². The largest absolute Gasteiger partial charge is 0.495 e. The predicted molar refractivity (Wildman–Crippen MR) is 130 cm³/mol. The van der Waals surface area contributed by atoms with Gasteiger partial charge in [0.15, 0.2) is 6.61 Å². The molecule has 3 rings (SSSR count). The number of methoxy groups -OCH3 is 1. The molecule has 0 unspecified atom stereocenters. The lowest BCUT2D eigenvalue weighted by Gasteiger charge is -2.14. The van der Waals surface area contributed by atoms with E-state index in [4.69, 9.17) is 19.9 Å². The van der Waals surface area contributed by atoms with Gasteiger partial charge in [0.2, 0.25) is 5.91 Å². The molecule has 0 atom stereocenters. The van der Waals surface area contributed by atoms with Gasteiger partial charge in [-0.25, -0.2) is 8.42 Å². The number of hydrogen-bond acceptors (Lipinski definition) is 7. The highest BCUT2D eigenvalue weighted by atomic mass is 32.2. The van der Waals surface area contributed by atoms with Crippen molar-refractivity contribution in [2.75, 3.05) is 30.4 Å². The SMILES string of the molecule is CCOc1ccc(NS(=O)(=O)c2cc(NC(=O)COc3ccc(C(N)=O)cc3)ccc2OC)cc1. The van der Waals surface area contributed by atoms with Crippen LogP contribution in [-0.2, 0) is 14.8 Å². The molecule has 10 nitrogen and oxygen atoms in total. The number of rotatable bonds is 11. The number of primary amides is 1. The molecular weight excluding hydrogens is 474 g/mol. The fraction of sp³-hybridized carbons (Fsp3) is 0.167. The lowest BCUT2D eigenvalue weighted by molar-refractivity contribution is -0.118. The van der Waals surface area contributed by atoms with Gasteiger partial charge in [0, 0.05) is 16.9 Å². The Bertz CT molecular complexity index is 1290. The third kappa shape index (κ3) is 6.87. The second-order valence-electron chi connectivity index (χ2n) is 7.15. The zero-order valence-electron chi connectivity index (χ0n) is 19.1. The van der Waals surface area contributed by atoms with Gasteiger partial charge in [0.1, 0.15) is 22.1 Å². The Morgan fingerprint density at radius 1 is 0.886 bits per heavy atom. The minimum absolute atomic E-state index is 0.104. The van der Waals surface area contributed by atoms with E-state index < -0.39 is 21.8 Å². The van der Waals surface area contributed by atoms with E-state index in [1.165, 1.54) is 49.6 Å². The predicted octanol–water partition coefficient (Wildman–Crippen LogP) is 3.01. The Balaban J connectivity index is 1.69. The molecule has 2 amide bonds. The molecule has 0 saturated carbocycles. The summed E-state index contributed by atoms with van der Waals surface area (Å²) in [6.45, 7) is 2.01. The van der Waals surface area contributed by atoms with E-state index in [0.29, 0.717) is 29.4 Å². The monoisotopic (exact) mass is 499 g/mol. The Morgan fingerprint density at radius 3 is 2.09 bits per heavy atom. The topological polar surface area (TPSA) is 146 Å². The van der Waals surface area contributed by atoms with Crippen molar-refractivity contribution in [3.05, 3.63) is 72.3 Å². The van der Waals surface area contributed by atoms with Crippen LogP contribution in [0.1, 0.15) is 17.3 Å². The summed E-state index contributed by atoms with van der Waals surface area (Å²) in [7, 11) is -2.69. The summed E-state index contributed by atoms with van der Waals surface area (Å²) < 4.78 is 44.5. The lowest BCUT2D eigenvalue weighted by Crippen LogP contribution is -2.21. The van der Waals surface area contributed by atoms with Crippen LogP contribution in [0.4, 0.5) is 11.4 Å². The van der Waals surface area contributed by atoms with E-state index in [2.05, 4.69) is 10.0 Å². The van der Waals surface area contributed by atoms with Crippen molar-refractivity contribution in [2.45, 2.75) is 11.8 Å². The Morgan fingerprint density at radius 2 is 1.49 bits per heavy atom. The standard InChI is InChI=1S/C24H25N3O7S/c1-3-33-19-11-6-17(7-12-19)27-35(30,31)22-14-18(8-13-21(22)32-2)26-23(28)15-34-20-9-4-16(5-10-20)24(25)29/h4-14,27H,3,15H2,1-2H3,(H2,25,29)(H,26,28). The number of carbonyl (C=O) groups is 2. The zero-order valence-corrected chi connectivity index (χ0v) is 19.9. The highest BCUT2D eigenvalue weighted by molar-refractivity contribution is 7.92. The minimum atomic E-state index is -4.04. The van der Waals surface area contributed by atoms with Crippen molar-refractivity contribution in [3.8, 4) is 17.2 Å². The van der Waals surface area contributed by atoms with E-state index >= 15 is 0 Å². The van der Waals surface area contributed by atoms with Crippen molar-refractivity contribution in [2.24, 2.45) is 5.73 Å². The van der Waals surface area contributed by atoms with Crippen LogP contribution in [0, 0.1) is 0 Å². The van der Waals surface area contributed by atoms with Crippen LogP contribution in [0.25, 0.3) is 0 Å². The van der Waals surface area contributed by atoms with Crippen LogP contribution in [0.2, 0.25) is 0 Å². The van der Waals surface area contributed by atoms with Crippen molar-refractivity contribution < 1.29 is 32.2 Å². The molecule has 0 aliphatic rings. The summed E-state index contributed by atoms with van der Waals surface area (Å²) in [6, 6.07) is 16.7. The molecular formula is C24H25N3O7S. The number of nitrogens with one attached hydrogen (secondary N) is 2. The summed E-state index contributed by atoms with van der Waals surface area (Å²) >= 11 is 0. The average molecular weight is 500 g/mol. The molecule has 184 valence electrons. The number of benzene rings is 3. The maximum atomic E-state index is 13.0. The fourth-order valence-corrected chi connectivity index (χ4v) is 4.28. The van der Waals surface area contributed by atoms with Crippen LogP contribution in [-0.4, -0.2) is 40.6 Å². The highest BCUT2D eigenvalue weighted by Gasteiger charge is 2.21. The number of sulfonamides is 1. The first-order valence-corrected chi connectivity index (χ1v) is 12.0. The van der Waals surface area contributed by atoms with Gasteiger partial charge in [0.25, 0.3) is 15.9 Å². The summed E-state index contributed by atoms with van der Waals surface area (Å²) in [5.74, 6) is -0.00719. The molecule has 0 fully saturated rings. The van der Waals surface area contributed by atoms with Gasteiger partial charge >= 0.3 is 0 Å². The van der Waals surface area contributed by atoms with Crippen LogP contribution < -0.4 is 30.0 Å². The van der Waals surface area contributed by atoms with Gasteiger partial charge < -0.3 is 25.3 Å². The Hall–Kier alpha value is -4.25. The van der Waals surface area contributed by atoms with Crippen LogP contribution in [0.15, 0.2) is 71.6 Å². The second-order valence-corrected chi connectivity index (χ2v) is 8.80. The molecule has 0 saturated heterocycles. The van der Waals surface area contributed by atoms with Gasteiger partial charge in [-0.3, -0.25) is 14.3 Å². The summed E-state index contributed by atoms with van der Waals surface area (Å²) in [5.41, 5.74) is 6.07. The van der Waals surface area contributed by atoms with Crippen LogP contribution >= 0.6 is 0 Å². The smallest absolute Gasteiger partial charge is 0.265 e. The normalized spacial score (nSPS) is 10.8. The number of ether oxygens (including phenoxy) is 3. The van der Waals surface area contributed by atoms with E-state index in [1.807, 2.05) is 6.92 Å². The maximum Gasteiger partial charge on any atom is 0.265 e. The van der Waals surface area contributed by atoms with Crippen molar-refractivity contribution >= 4 is 33.2 Å². The first-order valence-electron chi connectivity index (χ1n) is 10.5. The third-order valence-corrected chi connectivity index (χ3v) is 6.07. The van der Waals surface area contributed by atoms with Gasteiger partial charge in [-0.1, -0.05) is 0 Å². The van der Waals surface area contributed by atoms with E-state index in [1.54, 1.807) is 24.3 Å². The Kier molecular flexibility index (Phi) is 8.16. The summed E-state index contributed by atoms with van der Waals surface area (Å²) in [5, 5.41) is 2.59. The van der Waals surface area contributed by atoms with Crippen molar-refractivity contribution in [1.29, 1.82) is 0 Å². The molecule has 0 aliphatic carbocycles. The zero-order chi connectivity index (χ0) is 25.4. The van der Waals surface area contributed by atoms with Gasteiger partial charge in [-0.15, -0.1) is 0 Å². The molecule has 35 heavy (non-hydrogen) atoms. The second kappa shape index (κ2) is 11.3. The van der Waals surface area contributed by atoms with Gasteiger partial charge in [0.05, 0.1) is 13.7 Å². The molecule has 4 N–H and O–H groups in total. The molecule has 0 aliphatic heterocycles. The Labute approximate surface area is 203 Å². The number of nitrogens with two attached hydrogens (primary N) is 1. The number of anilines is 2. The molecule has 0 heterocycles. The third-order valence-electron chi connectivity index (χ3n) is 4.66. The number of carbonyl (C=O) groups excluding carboxylic acids is 2. The number of amides is 2. The molecule has 0 bridgehead atoms. The van der Waals surface area contributed by atoms with Gasteiger partial charge in [-0.05, 0) is 73.7 Å². The summed E-state index contributed by atoms with van der Waals surface area (Å²) in [6.07, 6.45) is 0. The molecule has 3 aromatic carbocycles. The minimum Gasteiger partial charge on any atom is -0.495 e. The highest BCUT2D eigenvalue weighted by Crippen LogP contribution is 2.29. The van der Waals surface area contributed by atoms with E-state index in [9.17, 15) is 18.0 Å². The fourth-order valence-electron chi connectivity index (χ4n) is 3.02. The lowest BCUT2D eigenvalue weighted by atomic mass is 10.2. The van der Waals surface area contributed by atoms with E-state index in [-0.39, 0.29) is 22.9 Å². The maximum absolute atomic E-state index is 13.0. The van der Waals surface area contributed by atoms with Crippen LogP contribution in [0.3, 0.4) is 0 Å². The molecule has 3 aromatic rings. The molecule has 0 aromatic heterocycles. The number of hydrogen-bond donors (Lipinski definition) is 3. The quantitative estimate of drug-likeness (QED) is 0.367. The van der Waals surface area contributed by atoms with Gasteiger partial charge in [-0.2, -0.15) is 0 Å². The molecule has 0 radical (unpaired) electrons. The summed E-state index contributed by atoms with van der Waals surface area (Å²) in [4.78, 5) is 23.3. The first kappa shape index (κ1) is 25.4. The van der Waals surface area contributed by atoms with Crippen molar-refractivity contribution in [3.63, 3.8) is 0 Å². The van der Waals surface area contributed by atoms with E-state index in [0.717, 1.165) is 0 Å². The average Bonchev–Trinajstić information content (AvgIpc) is 2.84. The molecule has 11 heteroatoms. The molecule has 0 spiro atoms. The first-order chi connectivity index (χ1) is 16.7.